The van der Waals surface area contributed by atoms with Crippen molar-refractivity contribution in [3.8, 4) is 0 Å². The predicted molar refractivity (Wildman–Crippen MR) is 103 cm³/mol. The number of amides is 1. The van der Waals surface area contributed by atoms with Crippen LogP contribution in [0.5, 0.6) is 0 Å². The van der Waals surface area contributed by atoms with Crippen LogP contribution in [-0.2, 0) is 5.54 Å². The van der Waals surface area contributed by atoms with Gasteiger partial charge in [0.1, 0.15) is 5.69 Å². The van der Waals surface area contributed by atoms with Crippen LogP contribution in [0.1, 0.15) is 35.1 Å². The molecule has 1 aromatic carbocycles. The molecule has 1 atom stereocenters. The van der Waals surface area contributed by atoms with Gasteiger partial charge in [0.15, 0.2) is 5.17 Å². The van der Waals surface area contributed by atoms with Crippen LogP contribution >= 0.6 is 11.8 Å². The summed E-state index contributed by atoms with van der Waals surface area (Å²) in [6, 6.07) is 7.66. The van der Waals surface area contributed by atoms with Gasteiger partial charge in [-0.05, 0) is 37.1 Å². The number of carbonyl (C=O) groups excluding carboxylic acids is 1. The molecular weight excluding hydrogens is 334 g/mol. The number of carbonyl (C=O) groups is 1. The maximum absolute atomic E-state index is 12.3. The van der Waals surface area contributed by atoms with E-state index in [1.165, 1.54) is 12.4 Å². The van der Waals surface area contributed by atoms with Crippen LogP contribution in [0.25, 0.3) is 6.08 Å². The van der Waals surface area contributed by atoms with Gasteiger partial charge in [0.25, 0.3) is 5.91 Å². The molecule has 25 heavy (non-hydrogen) atoms. The summed E-state index contributed by atoms with van der Waals surface area (Å²) in [4.78, 5) is 25.1. The number of aromatic nitrogens is 2. The van der Waals surface area contributed by atoms with E-state index in [9.17, 15) is 4.79 Å². The second kappa shape index (κ2) is 7.06. The summed E-state index contributed by atoms with van der Waals surface area (Å²) in [5.74, 6) is 0.612. The average Bonchev–Trinajstić information content (AvgIpc) is 2.62. The first-order chi connectivity index (χ1) is 12.0. The monoisotopic (exact) mass is 353 g/mol. The van der Waals surface area contributed by atoms with Gasteiger partial charge in [-0.1, -0.05) is 30.5 Å². The van der Waals surface area contributed by atoms with E-state index in [0.717, 1.165) is 17.7 Å². The number of thioether (sulfide) groups is 1. The molecule has 2 heterocycles. The Morgan fingerprint density at radius 1 is 1.40 bits per heavy atom. The topological polar surface area (TPSA) is 93.3 Å². The largest absolute Gasteiger partial charge is 0.379 e. The molecule has 6 nitrogen and oxygen atoms in total. The Kier molecular flexibility index (Phi) is 4.85. The predicted octanol–water partition coefficient (Wildman–Crippen LogP) is 3.04. The van der Waals surface area contributed by atoms with Crippen LogP contribution in [0.15, 0.2) is 48.2 Å². The van der Waals surface area contributed by atoms with Gasteiger partial charge in [-0.15, -0.1) is 0 Å². The summed E-state index contributed by atoms with van der Waals surface area (Å²) in [7, 11) is 0. The first-order valence-electron chi connectivity index (χ1n) is 7.85. The van der Waals surface area contributed by atoms with Crippen molar-refractivity contribution in [1.29, 1.82) is 0 Å². The Morgan fingerprint density at radius 3 is 2.92 bits per heavy atom. The van der Waals surface area contributed by atoms with Crippen LogP contribution < -0.4 is 11.1 Å². The normalized spacial score (nSPS) is 19.8. The molecule has 1 aliphatic rings. The zero-order valence-electron chi connectivity index (χ0n) is 13.9. The van der Waals surface area contributed by atoms with Gasteiger partial charge in [-0.2, -0.15) is 0 Å². The minimum atomic E-state index is -0.374. The highest BCUT2D eigenvalue weighted by Crippen LogP contribution is 2.35. The number of amidine groups is 1. The lowest BCUT2D eigenvalue weighted by Gasteiger charge is -2.30. The summed E-state index contributed by atoms with van der Waals surface area (Å²) in [6.45, 7) is 5.67. The molecule has 0 saturated carbocycles. The average molecular weight is 353 g/mol. The van der Waals surface area contributed by atoms with Crippen molar-refractivity contribution in [1.82, 2.24) is 9.97 Å². The highest BCUT2D eigenvalue weighted by molar-refractivity contribution is 8.13. The summed E-state index contributed by atoms with van der Waals surface area (Å²) < 4.78 is 0. The molecule has 7 heteroatoms. The number of benzene rings is 1. The van der Waals surface area contributed by atoms with E-state index < -0.39 is 0 Å². The lowest BCUT2D eigenvalue weighted by atomic mass is 9.89. The number of rotatable bonds is 4. The first kappa shape index (κ1) is 17.2. The number of hydrogen-bond donors (Lipinski definition) is 2. The van der Waals surface area contributed by atoms with Gasteiger partial charge in [0.2, 0.25) is 0 Å². The molecule has 0 aliphatic carbocycles. The van der Waals surface area contributed by atoms with Crippen LogP contribution in [-0.4, -0.2) is 26.8 Å². The summed E-state index contributed by atoms with van der Waals surface area (Å²) in [5, 5.41) is 3.45. The van der Waals surface area contributed by atoms with E-state index in [1.54, 1.807) is 17.8 Å². The number of nitrogens with one attached hydrogen (secondary N) is 1. The second-order valence-electron chi connectivity index (χ2n) is 5.89. The fourth-order valence-electron chi connectivity index (χ4n) is 2.58. The van der Waals surface area contributed by atoms with Gasteiger partial charge >= 0.3 is 0 Å². The molecule has 0 unspecified atom stereocenters. The molecule has 1 aliphatic heterocycles. The van der Waals surface area contributed by atoms with Crippen LogP contribution in [0.2, 0.25) is 0 Å². The molecule has 1 aromatic heterocycles. The van der Waals surface area contributed by atoms with E-state index >= 15 is 0 Å². The molecule has 0 radical (unpaired) electrons. The Bertz CT molecular complexity index is 834. The standard InChI is InChI=1S/C18H19N5OS/c1-3-13-10-21-15(11-20-13)16(24)22-14-6-4-5-12(9-14)18(2)7-8-25-17(19)23-18/h3-6,9-11H,1,7-8H2,2H3,(H2,19,23)(H,22,24)/t18-/m0/s1. The zero-order chi connectivity index (χ0) is 17.9. The fraction of sp³-hybridized carbons (Fsp3) is 0.222. The van der Waals surface area contributed by atoms with E-state index in [-0.39, 0.29) is 17.1 Å². The smallest absolute Gasteiger partial charge is 0.275 e. The molecule has 0 spiro atoms. The first-order valence-corrected chi connectivity index (χ1v) is 8.83. The van der Waals surface area contributed by atoms with E-state index in [4.69, 9.17) is 5.73 Å². The third-order valence-corrected chi connectivity index (χ3v) is 4.85. The van der Waals surface area contributed by atoms with E-state index in [2.05, 4.69) is 33.8 Å². The summed E-state index contributed by atoms with van der Waals surface area (Å²) in [6.07, 6.45) is 5.41. The number of aliphatic imine (C=N–C) groups is 1. The van der Waals surface area contributed by atoms with E-state index in [1.807, 2.05) is 24.3 Å². The van der Waals surface area contributed by atoms with Crippen LogP contribution in [0.4, 0.5) is 5.69 Å². The Hall–Kier alpha value is -2.67. The van der Waals surface area contributed by atoms with Gasteiger partial charge in [-0.25, -0.2) is 4.98 Å². The third kappa shape index (κ3) is 3.88. The van der Waals surface area contributed by atoms with Gasteiger partial charge in [0, 0.05) is 11.4 Å². The number of nitrogens with zero attached hydrogens (tertiary/aromatic N) is 3. The molecule has 3 N–H and O–H groups in total. The van der Waals surface area contributed by atoms with Crippen molar-refractivity contribution in [3.05, 3.63) is 60.2 Å². The molecule has 1 amide bonds. The highest BCUT2D eigenvalue weighted by Gasteiger charge is 2.29. The Balaban J connectivity index is 1.80. The maximum Gasteiger partial charge on any atom is 0.275 e. The van der Waals surface area contributed by atoms with Gasteiger partial charge in [0.05, 0.1) is 23.6 Å². The second-order valence-corrected chi connectivity index (χ2v) is 7.00. The van der Waals surface area contributed by atoms with Crippen molar-refractivity contribution >= 4 is 34.6 Å². The molecule has 0 bridgehead atoms. The third-order valence-electron chi connectivity index (χ3n) is 4.05. The fourth-order valence-corrected chi connectivity index (χ4v) is 3.56. The number of anilines is 1. The molecule has 0 fully saturated rings. The van der Waals surface area contributed by atoms with Gasteiger partial charge in [-0.3, -0.25) is 14.8 Å². The molecule has 3 rings (SSSR count). The van der Waals surface area contributed by atoms with Crippen molar-refractivity contribution in [2.75, 3.05) is 11.1 Å². The lowest BCUT2D eigenvalue weighted by Crippen LogP contribution is -2.28. The lowest BCUT2D eigenvalue weighted by molar-refractivity contribution is 0.102. The Labute approximate surface area is 150 Å². The van der Waals surface area contributed by atoms with Crippen LogP contribution in [0.3, 0.4) is 0 Å². The molecular formula is C18H19N5OS. The van der Waals surface area contributed by atoms with Gasteiger partial charge < -0.3 is 11.1 Å². The van der Waals surface area contributed by atoms with Crippen LogP contribution in [0, 0.1) is 0 Å². The molecule has 128 valence electrons. The van der Waals surface area contributed by atoms with Crippen molar-refractivity contribution in [2.45, 2.75) is 18.9 Å². The Morgan fingerprint density at radius 2 is 2.24 bits per heavy atom. The zero-order valence-corrected chi connectivity index (χ0v) is 14.7. The summed E-state index contributed by atoms with van der Waals surface area (Å²) in [5.41, 5.74) is 8.09. The molecule has 2 aromatic rings. The van der Waals surface area contributed by atoms with Crippen molar-refractivity contribution in [3.63, 3.8) is 0 Å². The SMILES string of the molecule is C=Cc1cnc(C(=O)Nc2cccc([C@]3(C)CCSC(N)=N3)c2)cn1. The summed E-state index contributed by atoms with van der Waals surface area (Å²) >= 11 is 1.57. The van der Waals surface area contributed by atoms with E-state index in [0.29, 0.717) is 16.5 Å². The van der Waals surface area contributed by atoms with Crippen molar-refractivity contribution < 1.29 is 4.79 Å². The minimum Gasteiger partial charge on any atom is -0.379 e. The quantitative estimate of drug-likeness (QED) is 0.881. The number of hydrogen-bond acceptors (Lipinski definition) is 6. The number of nitrogens with two attached hydrogens (primary N) is 1. The maximum atomic E-state index is 12.3. The van der Waals surface area contributed by atoms with Crippen molar-refractivity contribution in [2.24, 2.45) is 10.7 Å². The minimum absolute atomic E-state index is 0.249. The highest BCUT2D eigenvalue weighted by atomic mass is 32.2. The molecule has 0 saturated heterocycles.